The molecule has 1 aromatic rings. The van der Waals surface area contributed by atoms with Crippen LogP contribution in [0.5, 0.6) is 11.5 Å². The van der Waals surface area contributed by atoms with E-state index in [4.69, 9.17) is 9.47 Å². The van der Waals surface area contributed by atoms with Gasteiger partial charge in [-0.15, -0.1) is 0 Å². The molecule has 1 saturated heterocycles. The Morgan fingerprint density at radius 3 is 2.62 bits per heavy atom. The molecule has 1 aromatic carbocycles. The van der Waals surface area contributed by atoms with Crippen LogP contribution in [-0.4, -0.2) is 35.6 Å². The van der Waals surface area contributed by atoms with Crippen molar-refractivity contribution in [3.8, 4) is 11.5 Å². The van der Waals surface area contributed by atoms with Gasteiger partial charge in [0.1, 0.15) is 6.10 Å². The van der Waals surface area contributed by atoms with Gasteiger partial charge in [0.15, 0.2) is 11.5 Å². The lowest BCUT2D eigenvalue weighted by Gasteiger charge is -2.47. The number of carbonyl (C=O) groups is 1. The molecule has 1 saturated carbocycles. The monoisotopic (exact) mass is 329 g/mol. The molecule has 1 amide bonds. The van der Waals surface area contributed by atoms with Crippen molar-refractivity contribution in [3.63, 3.8) is 0 Å². The second kappa shape index (κ2) is 6.30. The van der Waals surface area contributed by atoms with Crippen molar-refractivity contribution in [1.29, 1.82) is 0 Å². The highest BCUT2D eigenvalue weighted by Gasteiger charge is 2.43. The quantitative estimate of drug-likeness (QED) is 0.789. The van der Waals surface area contributed by atoms with Crippen molar-refractivity contribution >= 4 is 5.91 Å². The smallest absolute Gasteiger partial charge is 0.267 e. The Morgan fingerprint density at radius 1 is 1.08 bits per heavy atom. The van der Waals surface area contributed by atoms with Crippen LogP contribution < -0.4 is 9.47 Å². The molecule has 0 bridgehead atoms. The number of amides is 1. The minimum absolute atomic E-state index is 0.112. The highest BCUT2D eigenvalue weighted by molar-refractivity contribution is 5.83. The van der Waals surface area contributed by atoms with E-state index in [0.29, 0.717) is 17.7 Å². The van der Waals surface area contributed by atoms with Gasteiger partial charge in [0.2, 0.25) is 6.10 Å². The van der Waals surface area contributed by atoms with E-state index in [1.807, 2.05) is 31.2 Å². The first-order chi connectivity index (χ1) is 11.6. The van der Waals surface area contributed by atoms with Gasteiger partial charge in [-0.2, -0.15) is 0 Å². The molecule has 0 N–H and O–H groups in total. The van der Waals surface area contributed by atoms with E-state index in [9.17, 15) is 4.79 Å². The predicted molar refractivity (Wildman–Crippen MR) is 92.2 cm³/mol. The number of likely N-dealkylation sites (tertiary alicyclic amines) is 1. The molecule has 4 heteroatoms. The summed E-state index contributed by atoms with van der Waals surface area (Å²) in [6.45, 7) is 5.14. The van der Waals surface area contributed by atoms with E-state index >= 15 is 0 Å². The van der Waals surface area contributed by atoms with Crippen molar-refractivity contribution in [2.75, 3.05) is 6.54 Å². The maximum Gasteiger partial charge on any atom is 0.267 e. The number of hydrogen-bond acceptors (Lipinski definition) is 3. The predicted octanol–water partition coefficient (Wildman–Crippen LogP) is 3.64. The molecule has 0 radical (unpaired) electrons. The third kappa shape index (κ3) is 2.76. The summed E-state index contributed by atoms with van der Waals surface area (Å²) in [5.41, 5.74) is 0. The van der Waals surface area contributed by atoms with Gasteiger partial charge in [0.25, 0.3) is 5.91 Å². The number of benzene rings is 1. The molecule has 0 spiro atoms. The minimum atomic E-state index is -0.530. The molecule has 0 unspecified atom stereocenters. The van der Waals surface area contributed by atoms with Crippen LogP contribution in [-0.2, 0) is 4.79 Å². The lowest BCUT2D eigenvalue weighted by Crippen LogP contribution is -2.57. The molecule has 3 aliphatic rings. The standard InChI is InChI=1S/C20H27NO3/c1-13-9-10-16-15(12-13)6-5-11-21(16)20(22)19-14(2)23-17-7-3-4-8-18(17)24-19/h3-4,7-8,13-16,19H,5-6,9-12H2,1-2H3/t13-,14-,15-,16-,19-/m1/s1. The van der Waals surface area contributed by atoms with Crippen molar-refractivity contribution in [2.24, 2.45) is 11.8 Å². The summed E-state index contributed by atoms with van der Waals surface area (Å²) in [7, 11) is 0. The van der Waals surface area contributed by atoms with E-state index < -0.39 is 6.10 Å². The summed E-state index contributed by atoms with van der Waals surface area (Å²) in [5.74, 6) is 2.98. The molecule has 4 nitrogen and oxygen atoms in total. The van der Waals surface area contributed by atoms with E-state index in [2.05, 4.69) is 11.8 Å². The fourth-order valence-electron chi connectivity index (χ4n) is 4.72. The number of hydrogen-bond donors (Lipinski definition) is 0. The van der Waals surface area contributed by atoms with Crippen molar-refractivity contribution in [1.82, 2.24) is 4.90 Å². The first kappa shape index (κ1) is 15.8. The van der Waals surface area contributed by atoms with Crippen LogP contribution in [0.25, 0.3) is 0 Å². The second-order valence-electron chi connectivity index (χ2n) is 7.73. The van der Waals surface area contributed by atoms with Crippen molar-refractivity contribution in [3.05, 3.63) is 24.3 Å². The van der Waals surface area contributed by atoms with Crippen LogP contribution in [0.1, 0.15) is 46.0 Å². The highest BCUT2D eigenvalue weighted by Crippen LogP contribution is 2.39. The Balaban J connectivity index is 1.53. The first-order valence-electron chi connectivity index (χ1n) is 9.36. The molecule has 5 atom stereocenters. The number of rotatable bonds is 1. The van der Waals surface area contributed by atoms with Gasteiger partial charge in [-0.3, -0.25) is 4.79 Å². The first-order valence-corrected chi connectivity index (χ1v) is 9.36. The van der Waals surface area contributed by atoms with Crippen LogP contribution in [0.2, 0.25) is 0 Å². The molecule has 130 valence electrons. The molecular weight excluding hydrogens is 302 g/mol. The Morgan fingerprint density at radius 2 is 1.83 bits per heavy atom. The topological polar surface area (TPSA) is 38.8 Å². The van der Waals surface area contributed by atoms with Gasteiger partial charge in [-0.1, -0.05) is 19.1 Å². The Kier molecular flexibility index (Phi) is 4.15. The van der Waals surface area contributed by atoms with Crippen molar-refractivity contribution < 1.29 is 14.3 Å². The van der Waals surface area contributed by atoms with Crippen LogP contribution in [0.4, 0.5) is 0 Å². The maximum atomic E-state index is 13.2. The molecule has 1 aliphatic carbocycles. The van der Waals surface area contributed by atoms with Gasteiger partial charge in [0.05, 0.1) is 0 Å². The van der Waals surface area contributed by atoms with Gasteiger partial charge in [0, 0.05) is 12.6 Å². The normalized spacial score (nSPS) is 35.2. The van der Waals surface area contributed by atoms with Gasteiger partial charge < -0.3 is 14.4 Å². The number of ether oxygens (including phenoxy) is 2. The molecule has 2 fully saturated rings. The molecular formula is C20H27NO3. The maximum absolute atomic E-state index is 13.2. The zero-order valence-electron chi connectivity index (χ0n) is 14.6. The lowest BCUT2D eigenvalue weighted by molar-refractivity contribution is -0.151. The van der Waals surface area contributed by atoms with Crippen LogP contribution in [0.15, 0.2) is 24.3 Å². The lowest BCUT2D eigenvalue weighted by atomic mass is 9.74. The summed E-state index contributed by atoms with van der Waals surface area (Å²) in [4.78, 5) is 15.3. The van der Waals surface area contributed by atoms with E-state index in [0.717, 1.165) is 31.1 Å². The van der Waals surface area contributed by atoms with Crippen molar-refractivity contribution in [2.45, 2.75) is 64.2 Å². The molecule has 4 rings (SSSR count). The zero-order chi connectivity index (χ0) is 16.7. The second-order valence-corrected chi connectivity index (χ2v) is 7.73. The number of nitrogens with zero attached hydrogens (tertiary/aromatic N) is 1. The zero-order valence-corrected chi connectivity index (χ0v) is 14.6. The van der Waals surface area contributed by atoms with Gasteiger partial charge in [-0.05, 0) is 63.0 Å². The van der Waals surface area contributed by atoms with E-state index in [1.165, 1.54) is 19.3 Å². The summed E-state index contributed by atoms with van der Waals surface area (Å²) in [5, 5.41) is 0. The largest absolute Gasteiger partial charge is 0.482 e. The van der Waals surface area contributed by atoms with Crippen LogP contribution in [0, 0.1) is 11.8 Å². The average Bonchev–Trinajstić information content (AvgIpc) is 2.59. The van der Waals surface area contributed by atoms with Gasteiger partial charge >= 0.3 is 0 Å². The molecule has 2 aliphatic heterocycles. The number of fused-ring (bicyclic) bond motifs is 2. The fourth-order valence-corrected chi connectivity index (χ4v) is 4.72. The molecule has 0 aromatic heterocycles. The van der Waals surface area contributed by atoms with Crippen LogP contribution in [0.3, 0.4) is 0 Å². The van der Waals surface area contributed by atoms with Crippen LogP contribution >= 0.6 is 0 Å². The van der Waals surface area contributed by atoms with E-state index in [-0.39, 0.29) is 12.0 Å². The fraction of sp³-hybridized carbons (Fsp3) is 0.650. The number of carbonyl (C=O) groups excluding carboxylic acids is 1. The third-order valence-electron chi connectivity index (χ3n) is 5.95. The number of para-hydroxylation sites is 2. The summed E-state index contributed by atoms with van der Waals surface area (Å²) >= 11 is 0. The SMILES string of the molecule is C[C@@H]1CC[C@@H]2[C@H](CCCN2C(=O)[C@@H]2Oc3ccccc3O[C@@H]2C)C1. The average molecular weight is 329 g/mol. The third-order valence-corrected chi connectivity index (χ3v) is 5.95. The minimum Gasteiger partial charge on any atom is -0.482 e. The molecule has 2 heterocycles. The molecule has 24 heavy (non-hydrogen) atoms. The van der Waals surface area contributed by atoms with Gasteiger partial charge in [-0.25, -0.2) is 0 Å². The Labute approximate surface area is 144 Å². The van der Waals surface area contributed by atoms with E-state index in [1.54, 1.807) is 0 Å². The summed E-state index contributed by atoms with van der Waals surface area (Å²) in [6, 6.07) is 8.01. The highest BCUT2D eigenvalue weighted by atomic mass is 16.6. The summed E-state index contributed by atoms with van der Waals surface area (Å²) < 4.78 is 12.0. The summed E-state index contributed by atoms with van der Waals surface area (Å²) in [6.07, 6.45) is 5.21. The number of piperidine rings is 1. The Bertz CT molecular complexity index is 617. The Hall–Kier alpha value is -1.71.